The second kappa shape index (κ2) is 10.6. The summed E-state index contributed by atoms with van der Waals surface area (Å²) in [6, 6.07) is 6.40. The van der Waals surface area contributed by atoms with E-state index >= 15 is 0 Å². The fraction of sp³-hybridized carbons (Fsp3) is 0.533. The zero-order chi connectivity index (χ0) is 15.0. The van der Waals surface area contributed by atoms with Gasteiger partial charge >= 0.3 is 0 Å². The maximum absolute atomic E-state index is 13.4. The Kier molecular flexibility index (Phi) is 10.1. The van der Waals surface area contributed by atoms with Crippen molar-refractivity contribution in [2.75, 3.05) is 20.1 Å². The molecule has 120 valence electrons. The Hall–Kier alpha value is -1.05. The summed E-state index contributed by atoms with van der Waals surface area (Å²) >= 11 is 0. The first-order valence-corrected chi connectivity index (χ1v) is 6.88. The molecule has 0 spiro atoms. The van der Waals surface area contributed by atoms with Gasteiger partial charge in [0.2, 0.25) is 0 Å². The summed E-state index contributed by atoms with van der Waals surface area (Å²) < 4.78 is 19.0. The molecular weight excluding hydrogens is 384 g/mol. The first-order valence-electron chi connectivity index (χ1n) is 6.88. The van der Waals surface area contributed by atoms with Crippen molar-refractivity contribution >= 4 is 29.9 Å². The van der Waals surface area contributed by atoms with Crippen molar-refractivity contribution in [3.05, 3.63) is 30.1 Å². The van der Waals surface area contributed by atoms with E-state index in [2.05, 4.69) is 29.5 Å². The van der Waals surface area contributed by atoms with Gasteiger partial charge in [0.1, 0.15) is 6.10 Å². The topological polar surface area (TPSA) is 45.7 Å². The molecule has 1 rings (SSSR count). The smallest absolute Gasteiger partial charge is 0.191 e. The Balaban J connectivity index is 0.00000400. The zero-order valence-electron chi connectivity index (χ0n) is 13.0. The Bertz CT molecular complexity index is 441. The zero-order valence-corrected chi connectivity index (χ0v) is 15.4. The van der Waals surface area contributed by atoms with Gasteiger partial charge in [-0.25, -0.2) is 4.39 Å². The van der Waals surface area contributed by atoms with Crippen LogP contribution < -0.4 is 15.4 Å². The number of benzene rings is 1. The largest absolute Gasteiger partial charge is 0.486 e. The first-order chi connectivity index (χ1) is 9.52. The monoisotopic (exact) mass is 409 g/mol. The van der Waals surface area contributed by atoms with E-state index in [0.717, 1.165) is 12.5 Å². The first kappa shape index (κ1) is 19.9. The molecule has 0 aromatic heterocycles. The molecule has 0 aliphatic rings. The normalized spacial score (nSPS) is 12.6. The summed E-state index contributed by atoms with van der Waals surface area (Å²) in [5.41, 5.74) is 0. The number of ether oxygens (including phenoxy) is 1. The number of nitrogens with one attached hydrogen (secondary N) is 2. The molecule has 6 heteroatoms. The molecule has 1 aromatic rings. The molecular formula is C15H25FIN3O. The van der Waals surface area contributed by atoms with Crippen molar-refractivity contribution in [2.45, 2.75) is 26.9 Å². The van der Waals surface area contributed by atoms with E-state index in [9.17, 15) is 4.39 Å². The molecule has 21 heavy (non-hydrogen) atoms. The number of hydrogen-bond acceptors (Lipinski definition) is 2. The average molecular weight is 409 g/mol. The van der Waals surface area contributed by atoms with E-state index in [1.165, 1.54) is 6.07 Å². The molecule has 0 aliphatic heterocycles. The average Bonchev–Trinajstić information content (AvgIpc) is 2.41. The number of aliphatic imine (C=N–C) groups is 1. The van der Waals surface area contributed by atoms with E-state index in [0.29, 0.717) is 12.5 Å². The molecule has 0 heterocycles. The molecule has 2 N–H and O–H groups in total. The highest BCUT2D eigenvalue weighted by molar-refractivity contribution is 14.0. The van der Waals surface area contributed by atoms with Crippen LogP contribution in [0.2, 0.25) is 0 Å². The lowest BCUT2D eigenvalue weighted by Crippen LogP contribution is -2.42. The van der Waals surface area contributed by atoms with Gasteiger partial charge in [0.25, 0.3) is 0 Å². The van der Waals surface area contributed by atoms with Crippen LogP contribution in [0.4, 0.5) is 4.39 Å². The molecule has 0 saturated carbocycles. The predicted molar refractivity (Wildman–Crippen MR) is 96.1 cm³/mol. The molecule has 0 radical (unpaired) electrons. The van der Waals surface area contributed by atoms with E-state index in [1.54, 1.807) is 25.2 Å². The summed E-state index contributed by atoms with van der Waals surface area (Å²) in [6.07, 6.45) is -0.163. The van der Waals surface area contributed by atoms with Crippen molar-refractivity contribution in [1.82, 2.24) is 10.6 Å². The second-order valence-corrected chi connectivity index (χ2v) is 5.09. The summed E-state index contributed by atoms with van der Waals surface area (Å²) in [5, 5.41) is 6.36. The molecule has 1 atom stereocenters. The van der Waals surface area contributed by atoms with Crippen LogP contribution in [0.5, 0.6) is 5.75 Å². The lowest BCUT2D eigenvalue weighted by atomic mass is 10.2. The van der Waals surface area contributed by atoms with Gasteiger partial charge in [-0.05, 0) is 25.0 Å². The molecule has 0 aliphatic carbocycles. The quantitative estimate of drug-likeness (QED) is 0.432. The summed E-state index contributed by atoms with van der Waals surface area (Å²) in [4.78, 5) is 4.12. The standard InChI is InChI=1S/C15H24FN3O.HI/c1-11(2)9-18-15(17-4)19-10-12(3)20-14-8-6-5-7-13(14)16;/h5-8,11-12H,9-10H2,1-4H3,(H2,17,18,19);1H. The SMILES string of the molecule is CN=C(NCC(C)C)NCC(C)Oc1ccccc1F.I. The minimum Gasteiger partial charge on any atom is -0.486 e. The molecule has 0 fully saturated rings. The van der Waals surface area contributed by atoms with Gasteiger partial charge in [-0.2, -0.15) is 0 Å². The Morgan fingerprint density at radius 3 is 2.38 bits per heavy atom. The maximum Gasteiger partial charge on any atom is 0.191 e. The third-order valence-corrected chi connectivity index (χ3v) is 2.62. The maximum atomic E-state index is 13.4. The molecule has 1 aromatic carbocycles. The summed E-state index contributed by atoms with van der Waals surface area (Å²) in [6.45, 7) is 7.54. The van der Waals surface area contributed by atoms with Crippen LogP contribution in [0.1, 0.15) is 20.8 Å². The molecule has 0 saturated heterocycles. The Labute approximate surface area is 143 Å². The summed E-state index contributed by atoms with van der Waals surface area (Å²) in [7, 11) is 1.72. The third-order valence-electron chi connectivity index (χ3n) is 2.62. The minimum absolute atomic E-state index is 0. The highest BCUT2D eigenvalue weighted by atomic mass is 127. The summed E-state index contributed by atoms with van der Waals surface area (Å²) in [5.74, 6) is 1.19. The molecule has 0 amide bonds. The van der Waals surface area contributed by atoms with Gasteiger partial charge in [0, 0.05) is 13.6 Å². The Morgan fingerprint density at radius 2 is 1.81 bits per heavy atom. The van der Waals surface area contributed by atoms with E-state index in [1.807, 2.05) is 6.92 Å². The van der Waals surface area contributed by atoms with Crippen LogP contribution in [-0.2, 0) is 0 Å². The van der Waals surface area contributed by atoms with Crippen molar-refractivity contribution in [3.63, 3.8) is 0 Å². The second-order valence-electron chi connectivity index (χ2n) is 5.09. The number of halogens is 2. The number of nitrogens with zero attached hydrogens (tertiary/aromatic N) is 1. The third kappa shape index (κ3) is 8.08. The van der Waals surface area contributed by atoms with Crippen LogP contribution in [0.25, 0.3) is 0 Å². The van der Waals surface area contributed by atoms with Crippen LogP contribution in [0, 0.1) is 11.7 Å². The van der Waals surface area contributed by atoms with Gasteiger partial charge in [-0.1, -0.05) is 26.0 Å². The number of para-hydroxylation sites is 1. The highest BCUT2D eigenvalue weighted by Crippen LogP contribution is 2.16. The van der Waals surface area contributed by atoms with E-state index in [-0.39, 0.29) is 41.6 Å². The molecule has 1 unspecified atom stereocenters. The lowest BCUT2D eigenvalue weighted by Gasteiger charge is -2.18. The van der Waals surface area contributed by atoms with E-state index < -0.39 is 0 Å². The molecule has 0 bridgehead atoms. The van der Waals surface area contributed by atoms with Crippen molar-refractivity contribution in [2.24, 2.45) is 10.9 Å². The van der Waals surface area contributed by atoms with Gasteiger partial charge < -0.3 is 15.4 Å². The highest BCUT2D eigenvalue weighted by Gasteiger charge is 2.08. The van der Waals surface area contributed by atoms with Crippen LogP contribution in [0.15, 0.2) is 29.3 Å². The van der Waals surface area contributed by atoms with E-state index in [4.69, 9.17) is 4.74 Å². The Morgan fingerprint density at radius 1 is 1.19 bits per heavy atom. The fourth-order valence-corrected chi connectivity index (χ4v) is 1.56. The van der Waals surface area contributed by atoms with Gasteiger partial charge in [0.05, 0.1) is 6.54 Å². The molecule has 4 nitrogen and oxygen atoms in total. The lowest BCUT2D eigenvalue weighted by molar-refractivity contribution is 0.214. The predicted octanol–water partition coefficient (Wildman–Crippen LogP) is 3.03. The van der Waals surface area contributed by atoms with Crippen LogP contribution in [0.3, 0.4) is 0 Å². The minimum atomic E-state index is -0.346. The van der Waals surface area contributed by atoms with Crippen molar-refractivity contribution in [1.29, 1.82) is 0 Å². The van der Waals surface area contributed by atoms with Gasteiger partial charge in [-0.3, -0.25) is 4.99 Å². The number of hydrogen-bond donors (Lipinski definition) is 2. The van der Waals surface area contributed by atoms with Gasteiger partial charge in [0.15, 0.2) is 17.5 Å². The fourth-order valence-electron chi connectivity index (χ4n) is 1.56. The van der Waals surface area contributed by atoms with Crippen molar-refractivity contribution in [3.8, 4) is 5.75 Å². The number of guanidine groups is 1. The van der Waals surface area contributed by atoms with Gasteiger partial charge in [-0.15, -0.1) is 24.0 Å². The van der Waals surface area contributed by atoms with Crippen LogP contribution in [-0.4, -0.2) is 32.2 Å². The van der Waals surface area contributed by atoms with Crippen molar-refractivity contribution < 1.29 is 9.13 Å². The van der Waals surface area contributed by atoms with Crippen LogP contribution >= 0.6 is 24.0 Å². The number of rotatable bonds is 6.